The van der Waals surface area contributed by atoms with Crippen LogP contribution in [0.15, 0.2) is 0 Å². The first-order chi connectivity index (χ1) is 47.8. The molecule has 0 heterocycles. The van der Waals surface area contributed by atoms with E-state index < -0.39 is 97.5 Å². The smallest absolute Gasteiger partial charge is 0.462 e. The number of hydrogen-bond donors (Lipinski definition) is 3. The maximum atomic E-state index is 13.1. The number of esters is 4. The van der Waals surface area contributed by atoms with Crippen molar-refractivity contribution in [3.63, 3.8) is 0 Å². The number of phosphoric acid groups is 2. The standard InChI is InChI=1S/C80H156O17P2/c1-8-11-12-13-14-15-16-26-32-40-47-54-61-77(82)90-68-76(97-80(85)64-57-50-43-36-35-39-46-53-60-73(7)10-3)70-95-99(88,89)93-66-74(81)65-92-98(86,87)94-69-75(67-91-78(83)62-55-48-41-33-29-28-31-38-45-52-59-72(6)9-2)96-79(84)63-56-49-42-34-27-24-22-20-18-17-19-21-23-25-30-37-44-51-58-71(4)5/h71-76,81H,8-70H2,1-7H3,(H,86,87)(H,88,89)/t72?,73?,74-,75-,76-/m1/s1. The number of ether oxygens (including phenoxy) is 4. The number of rotatable bonds is 78. The molecule has 0 spiro atoms. The summed E-state index contributed by atoms with van der Waals surface area (Å²) in [5.74, 6) is 0.286. The quantitative estimate of drug-likeness (QED) is 0.0222. The lowest BCUT2D eigenvalue weighted by Gasteiger charge is -2.21. The Hall–Kier alpha value is -1.94. The number of unbranched alkanes of at least 4 members (excludes halogenated alkanes) is 44. The van der Waals surface area contributed by atoms with E-state index in [1.54, 1.807) is 0 Å². The van der Waals surface area contributed by atoms with Crippen molar-refractivity contribution in [1.82, 2.24) is 0 Å². The fourth-order valence-electron chi connectivity index (χ4n) is 12.2. The highest BCUT2D eigenvalue weighted by Crippen LogP contribution is 2.45. The summed E-state index contributed by atoms with van der Waals surface area (Å²) >= 11 is 0. The predicted molar refractivity (Wildman–Crippen MR) is 405 cm³/mol. The Kier molecular flexibility index (Phi) is 69.0. The van der Waals surface area contributed by atoms with Crippen molar-refractivity contribution in [3.05, 3.63) is 0 Å². The molecule has 0 aliphatic carbocycles. The van der Waals surface area contributed by atoms with Gasteiger partial charge in [-0.1, -0.05) is 363 Å². The van der Waals surface area contributed by atoms with E-state index >= 15 is 0 Å². The van der Waals surface area contributed by atoms with Gasteiger partial charge in [-0.25, -0.2) is 9.13 Å². The number of phosphoric ester groups is 2. The second-order valence-electron chi connectivity index (χ2n) is 29.8. The molecule has 0 amide bonds. The maximum absolute atomic E-state index is 13.1. The molecular weight excluding hydrogens is 1290 g/mol. The molecule has 0 rings (SSSR count). The number of aliphatic hydroxyl groups excluding tert-OH is 1. The van der Waals surface area contributed by atoms with E-state index in [9.17, 15) is 43.2 Å². The molecule has 99 heavy (non-hydrogen) atoms. The molecule has 0 aliphatic rings. The number of carbonyl (C=O) groups is 4. The minimum atomic E-state index is -4.96. The second-order valence-corrected chi connectivity index (χ2v) is 32.7. The van der Waals surface area contributed by atoms with Gasteiger partial charge in [0, 0.05) is 25.7 Å². The summed E-state index contributed by atoms with van der Waals surface area (Å²) in [6.45, 7) is 12.0. The molecule has 588 valence electrons. The Morgan fingerprint density at radius 1 is 0.293 bits per heavy atom. The van der Waals surface area contributed by atoms with Crippen molar-refractivity contribution >= 4 is 39.5 Å². The van der Waals surface area contributed by atoms with E-state index in [0.717, 1.165) is 108 Å². The van der Waals surface area contributed by atoms with E-state index in [4.69, 9.17) is 37.0 Å². The van der Waals surface area contributed by atoms with Gasteiger partial charge in [0.05, 0.1) is 26.4 Å². The van der Waals surface area contributed by atoms with Crippen LogP contribution in [0.1, 0.15) is 414 Å². The molecular formula is C80H156O17P2. The Morgan fingerprint density at radius 2 is 0.515 bits per heavy atom. The Bertz CT molecular complexity index is 1930. The van der Waals surface area contributed by atoms with Crippen LogP contribution in [0, 0.1) is 17.8 Å². The zero-order valence-electron chi connectivity index (χ0n) is 65.0. The average molecular weight is 1450 g/mol. The highest BCUT2D eigenvalue weighted by Gasteiger charge is 2.30. The van der Waals surface area contributed by atoms with Gasteiger partial charge in [0.25, 0.3) is 0 Å². The minimum absolute atomic E-state index is 0.105. The molecule has 3 N–H and O–H groups in total. The molecule has 0 aliphatic heterocycles. The SMILES string of the molecule is CCCCCCCCCCCCCCC(=O)OC[C@H](COP(=O)(O)OC[C@H](O)COP(=O)(O)OC[C@@H](COC(=O)CCCCCCCCCCCCC(C)CC)OC(=O)CCCCCCCCCCCCCCCCCCCCC(C)C)OC(=O)CCCCCCCCCCC(C)CC. The summed E-state index contributed by atoms with van der Waals surface area (Å²) in [6.07, 6.45) is 58.1. The van der Waals surface area contributed by atoms with Crippen LogP contribution in [0.4, 0.5) is 0 Å². The third-order valence-corrected chi connectivity index (χ3v) is 21.3. The molecule has 0 aromatic heterocycles. The van der Waals surface area contributed by atoms with E-state index in [1.807, 2.05) is 0 Å². The van der Waals surface area contributed by atoms with Crippen molar-refractivity contribution in [3.8, 4) is 0 Å². The average Bonchev–Trinajstić information content (AvgIpc) is 0.950. The first-order valence-corrected chi connectivity index (χ1v) is 44.4. The topological polar surface area (TPSA) is 237 Å². The van der Waals surface area contributed by atoms with Gasteiger partial charge in [0.1, 0.15) is 19.3 Å². The first kappa shape index (κ1) is 97.1. The largest absolute Gasteiger partial charge is 0.472 e. The highest BCUT2D eigenvalue weighted by molar-refractivity contribution is 7.47. The van der Waals surface area contributed by atoms with Gasteiger partial charge in [0.15, 0.2) is 12.2 Å². The molecule has 0 saturated carbocycles. The second kappa shape index (κ2) is 70.4. The molecule has 0 fully saturated rings. The van der Waals surface area contributed by atoms with Gasteiger partial charge in [-0.15, -0.1) is 0 Å². The van der Waals surface area contributed by atoms with E-state index in [-0.39, 0.29) is 25.7 Å². The van der Waals surface area contributed by atoms with Crippen LogP contribution in [0.2, 0.25) is 0 Å². The summed E-state index contributed by atoms with van der Waals surface area (Å²) in [7, 11) is -9.92. The van der Waals surface area contributed by atoms with Gasteiger partial charge in [-0.3, -0.25) is 37.3 Å². The Labute approximate surface area is 607 Å². The van der Waals surface area contributed by atoms with Crippen molar-refractivity contribution in [2.45, 2.75) is 433 Å². The fraction of sp³-hybridized carbons (Fsp3) is 0.950. The zero-order chi connectivity index (χ0) is 73.0. The molecule has 0 aromatic rings. The van der Waals surface area contributed by atoms with Crippen LogP contribution in [0.5, 0.6) is 0 Å². The van der Waals surface area contributed by atoms with Crippen molar-refractivity contribution in [2.24, 2.45) is 17.8 Å². The minimum Gasteiger partial charge on any atom is -0.462 e. The lowest BCUT2D eigenvalue weighted by Crippen LogP contribution is -2.30. The van der Waals surface area contributed by atoms with Gasteiger partial charge in [0.2, 0.25) is 0 Å². The number of carbonyl (C=O) groups excluding carboxylic acids is 4. The van der Waals surface area contributed by atoms with E-state index in [1.165, 1.54) is 225 Å². The molecule has 7 atom stereocenters. The normalized spacial score (nSPS) is 14.5. The van der Waals surface area contributed by atoms with Crippen molar-refractivity contribution in [1.29, 1.82) is 0 Å². The first-order valence-electron chi connectivity index (χ1n) is 41.4. The van der Waals surface area contributed by atoms with Crippen LogP contribution in [0.3, 0.4) is 0 Å². The maximum Gasteiger partial charge on any atom is 0.472 e. The summed E-state index contributed by atoms with van der Waals surface area (Å²) in [6, 6.07) is 0. The molecule has 19 heteroatoms. The lowest BCUT2D eigenvalue weighted by atomic mass is 9.99. The van der Waals surface area contributed by atoms with Crippen LogP contribution < -0.4 is 0 Å². The zero-order valence-corrected chi connectivity index (χ0v) is 66.8. The molecule has 0 radical (unpaired) electrons. The van der Waals surface area contributed by atoms with E-state index in [2.05, 4.69) is 48.5 Å². The Morgan fingerprint density at radius 3 is 0.768 bits per heavy atom. The van der Waals surface area contributed by atoms with Crippen LogP contribution in [-0.4, -0.2) is 96.7 Å². The van der Waals surface area contributed by atoms with Gasteiger partial charge in [-0.05, 0) is 43.4 Å². The predicted octanol–water partition coefficient (Wildman–Crippen LogP) is 23.7. The number of aliphatic hydroxyl groups is 1. The van der Waals surface area contributed by atoms with Crippen LogP contribution in [0.25, 0.3) is 0 Å². The third kappa shape index (κ3) is 71.5. The summed E-state index contributed by atoms with van der Waals surface area (Å²) in [4.78, 5) is 73.0. The number of hydrogen-bond acceptors (Lipinski definition) is 15. The lowest BCUT2D eigenvalue weighted by molar-refractivity contribution is -0.161. The molecule has 17 nitrogen and oxygen atoms in total. The Balaban J connectivity index is 5.23. The van der Waals surface area contributed by atoms with Crippen molar-refractivity contribution in [2.75, 3.05) is 39.6 Å². The van der Waals surface area contributed by atoms with E-state index in [0.29, 0.717) is 25.7 Å². The van der Waals surface area contributed by atoms with Gasteiger partial charge < -0.3 is 33.8 Å². The summed E-state index contributed by atoms with van der Waals surface area (Å²) < 4.78 is 68.7. The monoisotopic (exact) mass is 1450 g/mol. The fourth-order valence-corrected chi connectivity index (χ4v) is 13.8. The van der Waals surface area contributed by atoms with Crippen molar-refractivity contribution < 1.29 is 80.2 Å². The van der Waals surface area contributed by atoms with Gasteiger partial charge in [-0.2, -0.15) is 0 Å². The summed E-state index contributed by atoms with van der Waals surface area (Å²) in [5.41, 5.74) is 0. The third-order valence-electron chi connectivity index (χ3n) is 19.4. The molecule has 4 unspecified atom stereocenters. The van der Waals surface area contributed by atoms with Gasteiger partial charge >= 0.3 is 39.5 Å². The van der Waals surface area contributed by atoms with Crippen LogP contribution >= 0.6 is 15.6 Å². The van der Waals surface area contributed by atoms with Crippen LogP contribution in [-0.2, 0) is 65.4 Å². The summed E-state index contributed by atoms with van der Waals surface area (Å²) in [5, 5.41) is 10.6. The highest BCUT2D eigenvalue weighted by atomic mass is 31.2. The molecule has 0 bridgehead atoms. The molecule has 0 aromatic carbocycles. The molecule has 0 saturated heterocycles.